The zero-order valence-electron chi connectivity index (χ0n) is 15.8. The molecule has 0 N–H and O–H groups in total. The van der Waals surface area contributed by atoms with Gasteiger partial charge in [0.1, 0.15) is 17.2 Å². The Labute approximate surface area is 179 Å². The number of benzene rings is 1. The van der Waals surface area contributed by atoms with Crippen molar-refractivity contribution in [3.05, 3.63) is 81.4 Å². The second-order valence-electron chi connectivity index (χ2n) is 6.28. The van der Waals surface area contributed by atoms with E-state index >= 15 is 0 Å². The van der Waals surface area contributed by atoms with E-state index < -0.39 is 4.92 Å². The van der Waals surface area contributed by atoms with Crippen LogP contribution >= 0.6 is 23.1 Å². The molecule has 3 aromatic heterocycles. The zero-order chi connectivity index (χ0) is 21.3. The minimum atomic E-state index is -0.564. The Morgan fingerprint density at radius 1 is 1.27 bits per heavy atom. The normalized spacial score (nSPS) is 11.0. The molecule has 150 valence electrons. The van der Waals surface area contributed by atoms with E-state index in [1.807, 2.05) is 37.3 Å². The van der Waals surface area contributed by atoms with Crippen LogP contribution in [0.5, 0.6) is 0 Å². The molecule has 10 heteroatoms. The Bertz CT molecular complexity index is 1310. The summed E-state index contributed by atoms with van der Waals surface area (Å²) >= 11 is 2.54. The van der Waals surface area contributed by atoms with E-state index in [4.69, 9.17) is 4.98 Å². The van der Waals surface area contributed by atoms with Crippen LogP contribution < -0.4 is 5.56 Å². The Morgan fingerprint density at radius 2 is 1.97 bits per heavy atom. The number of hydrogen-bond acceptors (Lipinski definition) is 8. The second kappa shape index (κ2) is 8.17. The summed E-state index contributed by atoms with van der Waals surface area (Å²) in [6.07, 6.45) is 3.88. The summed E-state index contributed by atoms with van der Waals surface area (Å²) in [5.41, 5.74) is 1.55. The Kier molecular flexibility index (Phi) is 5.42. The number of rotatable bonds is 6. The van der Waals surface area contributed by atoms with E-state index in [2.05, 4.69) is 16.5 Å². The fraction of sp³-hybridized carbons (Fsp3) is 0.100. The van der Waals surface area contributed by atoms with Gasteiger partial charge in [-0.05, 0) is 29.8 Å². The van der Waals surface area contributed by atoms with Crippen LogP contribution in [0.4, 0.5) is 5.69 Å². The van der Waals surface area contributed by atoms with Gasteiger partial charge in [0.05, 0.1) is 10.3 Å². The van der Waals surface area contributed by atoms with Crippen molar-refractivity contribution in [2.24, 2.45) is 0 Å². The number of hydrogen-bond donors (Lipinski definition) is 0. The molecule has 0 spiro atoms. The quantitative estimate of drug-likeness (QED) is 0.190. The highest BCUT2D eigenvalue weighted by atomic mass is 32.2. The predicted molar refractivity (Wildman–Crippen MR) is 117 cm³/mol. The minimum absolute atomic E-state index is 0.166. The van der Waals surface area contributed by atoms with Gasteiger partial charge >= 0.3 is 5.69 Å². The summed E-state index contributed by atoms with van der Waals surface area (Å²) in [6, 6.07) is 9.85. The first kappa shape index (κ1) is 19.9. The van der Waals surface area contributed by atoms with Gasteiger partial charge in [-0.25, -0.2) is 15.0 Å². The molecule has 0 unspecified atom stereocenters. The highest BCUT2D eigenvalue weighted by molar-refractivity contribution is 7.99. The second-order valence-corrected chi connectivity index (χ2v) is 8.22. The van der Waals surface area contributed by atoms with E-state index in [9.17, 15) is 14.9 Å². The standard InChI is InChI=1S/C20H15N5O3S2/c1-3-9-24-18(26)15-12(2)16(13-7-5-4-6-8-13)29-17(15)23-20(24)30-19-21-10-14(11-22-19)25(27)28/h3-8,10-11H,1,9H2,2H3. The minimum Gasteiger partial charge on any atom is -0.283 e. The molecule has 0 saturated carbocycles. The summed E-state index contributed by atoms with van der Waals surface area (Å²) in [6.45, 7) is 5.93. The van der Waals surface area contributed by atoms with Gasteiger partial charge in [-0.15, -0.1) is 17.9 Å². The van der Waals surface area contributed by atoms with Crippen LogP contribution in [-0.4, -0.2) is 24.4 Å². The van der Waals surface area contributed by atoms with E-state index in [1.54, 1.807) is 6.08 Å². The highest BCUT2D eigenvalue weighted by Crippen LogP contribution is 2.37. The zero-order valence-corrected chi connectivity index (χ0v) is 17.4. The average Bonchev–Trinajstić information content (AvgIpc) is 3.08. The SMILES string of the molecule is C=CCn1c(Sc2ncc([N+](=O)[O-])cn2)nc2sc(-c3ccccc3)c(C)c2c1=O. The van der Waals surface area contributed by atoms with Gasteiger partial charge in [0.15, 0.2) is 10.3 Å². The van der Waals surface area contributed by atoms with Crippen molar-refractivity contribution in [3.63, 3.8) is 0 Å². The maximum absolute atomic E-state index is 13.3. The molecule has 30 heavy (non-hydrogen) atoms. The third kappa shape index (κ3) is 3.62. The average molecular weight is 438 g/mol. The van der Waals surface area contributed by atoms with Crippen LogP contribution in [0.1, 0.15) is 5.56 Å². The first-order valence-electron chi connectivity index (χ1n) is 8.84. The molecule has 0 bridgehead atoms. The van der Waals surface area contributed by atoms with Crippen LogP contribution in [-0.2, 0) is 6.54 Å². The molecular formula is C20H15N5O3S2. The lowest BCUT2D eigenvalue weighted by atomic mass is 10.1. The number of allylic oxidation sites excluding steroid dienone is 1. The molecule has 0 fully saturated rings. The molecule has 0 amide bonds. The Balaban J connectivity index is 1.85. The summed E-state index contributed by atoms with van der Waals surface area (Å²) in [5, 5.41) is 12.1. The van der Waals surface area contributed by atoms with Crippen LogP contribution in [0.2, 0.25) is 0 Å². The number of fused-ring (bicyclic) bond motifs is 1. The van der Waals surface area contributed by atoms with E-state index in [1.165, 1.54) is 15.9 Å². The third-order valence-electron chi connectivity index (χ3n) is 4.37. The van der Waals surface area contributed by atoms with E-state index in [-0.39, 0.29) is 22.9 Å². The van der Waals surface area contributed by atoms with Gasteiger partial charge in [-0.1, -0.05) is 36.4 Å². The van der Waals surface area contributed by atoms with Crippen molar-refractivity contribution in [1.29, 1.82) is 0 Å². The van der Waals surface area contributed by atoms with Crippen LogP contribution in [0.15, 0.2) is 70.5 Å². The molecule has 0 aliphatic rings. The number of aromatic nitrogens is 4. The molecule has 0 radical (unpaired) electrons. The van der Waals surface area contributed by atoms with Gasteiger partial charge in [0, 0.05) is 11.4 Å². The molecule has 4 aromatic rings. The molecule has 3 heterocycles. The molecule has 0 aliphatic carbocycles. The van der Waals surface area contributed by atoms with Crippen molar-refractivity contribution in [1.82, 2.24) is 19.5 Å². The van der Waals surface area contributed by atoms with Crippen molar-refractivity contribution in [2.75, 3.05) is 0 Å². The van der Waals surface area contributed by atoms with Gasteiger partial charge in [0.2, 0.25) is 0 Å². The maximum Gasteiger partial charge on any atom is 0.305 e. The molecule has 1 aromatic carbocycles. The van der Waals surface area contributed by atoms with Crippen LogP contribution in [0, 0.1) is 17.0 Å². The lowest BCUT2D eigenvalue weighted by Crippen LogP contribution is -2.22. The monoisotopic (exact) mass is 437 g/mol. The van der Waals surface area contributed by atoms with Gasteiger partial charge in [-0.3, -0.25) is 19.5 Å². The van der Waals surface area contributed by atoms with Crippen molar-refractivity contribution < 1.29 is 4.92 Å². The van der Waals surface area contributed by atoms with E-state index in [0.717, 1.165) is 40.2 Å². The number of nitro groups is 1. The fourth-order valence-electron chi connectivity index (χ4n) is 2.97. The fourth-order valence-corrected chi connectivity index (χ4v) is 4.98. The molecule has 0 aliphatic heterocycles. The van der Waals surface area contributed by atoms with Gasteiger partial charge < -0.3 is 0 Å². The maximum atomic E-state index is 13.3. The van der Waals surface area contributed by atoms with Gasteiger partial charge in [0.25, 0.3) is 5.56 Å². The molecular weight excluding hydrogens is 422 g/mol. The predicted octanol–water partition coefficient (Wildman–Crippen LogP) is 4.47. The summed E-state index contributed by atoms with van der Waals surface area (Å²) < 4.78 is 1.51. The van der Waals surface area contributed by atoms with Crippen molar-refractivity contribution >= 4 is 39.0 Å². The molecule has 0 saturated heterocycles. The first-order valence-corrected chi connectivity index (χ1v) is 10.5. The van der Waals surface area contributed by atoms with Gasteiger partial charge in [-0.2, -0.15) is 0 Å². The Morgan fingerprint density at radius 3 is 2.60 bits per heavy atom. The summed E-state index contributed by atoms with van der Waals surface area (Å²) in [7, 11) is 0. The summed E-state index contributed by atoms with van der Waals surface area (Å²) in [4.78, 5) is 37.9. The lowest BCUT2D eigenvalue weighted by Gasteiger charge is -2.09. The van der Waals surface area contributed by atoms with Crippen LogP contribution in [0.3, 0.4) is 0 Å². The van der Waals surface area contributed by atoms with E-state index in [0.29, 0.717) is 15.4 Å². The van der Waals surface area contributed by atoms with Crippen molar-refractivity contribution in [3.8, 4) is 10.4 Å². The number of thiophene rings is 1. The lowest BCUT2D eigenvalue weighted by molar-refractivity contribution is -0.385. The number of aryl methyl sites for hydroxylation is 1. The first-order chi connectivity index (χ1) is 14.5. The largest absolute Gasteiger partial charge is 0.305 e. The van der Waals surface area contributed by atoms with Crippen LogP contribution in [0.25, 0.3) is 20.7 Å². The molecule has 8 nitrogen and oxygen atoms in total. The smallest absolute Gasteiger partial charge is 0.283 e. The molecule has 0 atom stereocenters. The number of nitrogens with zero attached hydrogens (tertiary/aromatic N) is 5. The molecule has 4 rings (SSSR count). The summed E-state index contributed by atoms with van der Waals surface area (Å²) in [5.74, 6) is 0. The Hall–Kier alpha value is -3.37. The topological polar surface area (TPSA) is 104 Å². The highest BCUT2D eigenvalue weighted by Gasteiger charge is 2.20. The third-order valence-corrected chi connectivity index (χ3v) is 6.49. The van der Waals surface area contributed by atoms with Crippen molar-refractivity contribution in [2.45, 2.75) is 23.8 Å².